The van der Waals surface area contributed by atoms with Gasteiger partial charge in [-0.05, 0) is 49.9 Å². The lowest BCUT2D eigenvalue weighted by molar-refractivity contribution is -0.117. The van der Waals surface area contributed by atoms with E-state index < -0.39 is 5.91 Å². The minimum Gasteiger partial charge on any atom is -0.326 e. The Bertz CT molecular complexity index is 900. The number of anilines is 2. The average molecular weight is 354 g/mol. The van der Waals surface area contributed by atoms with Gasteiger partial charge >= 0.3 is 0 Å². The third-order valence-corrected chi connectivity index (χ3v) is 4.24. The van der Waals surface area contributed by atoms with Crippen molar-refractivity contribution in [1.29, 1.82) is 0 Å². The second-order valence-electron chi connectivity index (χ2n) is 6.53. The van der Waals surface area contributed by atoms with Crippen molar-refractivity contribution in [2.24, 2.45) is 5.92 Å². The quantitative estimate of drug-likeness (QED) is 0.834. The average Bonchev–Trinajstić information content (AvgIpc) is 3.45. The Morgan fingerprint density at radius 1 is 1.19 bits per heavy atom. The monoisotopic (exact) mass is 354 g/mol. The molecule has 1 saturated carbocycles. The van der Waals surface area contributed by atoms with Crippen LogP contribution in [0.4, 0.5) is 11.4 Å². The van der Waals surface area contributed by atoms with Crippen LogP contribution >= 0.6 is 0 Å². The molecule has 136 valence electrons. The highest BCUT2D eigenvalue weighted by molar-refractivity contribution is 6.03. The van der Waals surface area contributed by atoms with E-state index in [2.05, 4.69) is 15.7 Å². The van der Waals surface area contributed by atoms with Crippen LogP contribution < -0.4 is 16.2 Å². The molecule has 1 aliphatic carbocycles. The van der Waals surface area contributed by atoms with Crippen molar-refractivity contribution < 1.29 is 9.59 Å². The molecule has 1 aromatic carbocycles. The van der Waals surface area contributed by atoms with Crippen molar-refractivity contribution in [3.05, 3.63) is 51.9 Å². The van der Waals surface area contributed by atoms with Crippen molar-refractivity contribution in [3.63, 3.8) is 0 Å². The molecule has 3 rings (SSSR count). The summed E-state index contributed by atoms with van der Waals surface area (Å²) in [6.07, 6.45) is 2.61. The summed E-state index contributed by atoms with van der Waals surface area (Å²) in [5.74, 6) is -0.277. The SMILES string of the molecule is CCCn1nc(C(=O)Nc2cc(NC(=O)C3CC3)ccc2C)ccc1=O. The third kappa shape index (κ3) is 4.17. The summed E-state index contributed by atoms with van der Waals surface area (Å²) in [5, 5.41) is 9.78. The van der Waals surface area contributed by atoms with Gasteiger partial charge in [-0.2, -0.15) is 5.10 Å². The fourth-order valence-electron chi connectivity index (χ4n) is 2.55. The summed E-state index contributed by atoms with van der Waals surface area (Å²) in [7, 11) is 0. The topological polar surface area (TPSA) is 93.1 Å². The highest BCUT2D eigenvalue weighted by atomic mass is 16.2. The molecule has 0 spiro atoms. The standard InChI is InChI=1S/C19H22N4O3/c1-3-10-23-17(24)9-8-15(22-23)19(26)21-16-11-14(7-4-12(16)2)20-18(25)13-5-6-13/h4,7-9,11,13H,3,5-6,10H2,1-2H3,(H,20,25)(H,21,26). The summed E-state index contributed by atoms with van der Waals surface area (Å²) >= 11 is 0. The first kappa shape index (κ1) is 17.8. The maximum Gasteiger partial charge on any atom is 0.276 e. The molecule has 7 heteroatoms. The van der Waals surface area contributed by atoms with E-state index in [4.69, 9.17) is 0 Å². The molecule has 0 bridgehead atoms. The molecular weight excluding hydrogens is 332 g/mol. The normalized spacial score (nSPS) is 13.3. The molecule has 1 aliphatic rings. The molecule has 1 aromatic heterocycles. The van der Waals surface area contributed by atoms with Crippen molar-refractivity contribution in [3.8, 4) is 0 Å². The van der Waals surface area contributed by atoms with Crippen LogP contribution in [0.2, 0.25) is 0 Å². The van der Waals surface area contributed by atoms with Crippen LogP contribution in [0, 0.1) is 12.8 Å². The summed E-state index contributed by atoms with van der Waals surface area (Å²) in [4.78, 5) is 36.1. The molecule has 2 N–H and O–H groups in total. The van der Waals surface area contributed by atoms with Gasteiger partial charge in [-0.3, -0.25) is 14.4 Å². The molecule has 7 nitrogen and oxygen atoms in total. The lowest BCUT2D eigenvalue weighted by atomic mass is 10.1. The van der Waals surface area contributed by atoms with Crippen molar-refractivity contribution in [2.45, 2.75) is 39.7 Å². The Morgan fingerprint density at radius 3 is 2.65 bits per heavy atom. The Labute approximate surface area is 151 Å². The van der Waals surface area contributed by atoms with Gasteiger partial charge in [-0.1, -0.05) is 13.0 Å². The predicted octanol–water partition coefficient (Wildman–Crippen LogP) is 2.56. The number of hydrogen-bond acceptors (Lipinski definition) is 4. The maximum atomic E-state index is 12.5. The van der Waals surface area contributed by atoms with Gasteiger partial charge in [-0.15, -0.1) is 0 Å². The zero-order chi connectivity index (χ0) is 18.7. The Kier molecular flexibility index (Phi) is 5.16. The van der Waals surface area contributed by atoms with E-state index in [-0.39, 0.29) is 23.1 Å². The molecule has 0 atom stereocenters. The van der Waals surface area contributed by atoms with E-state index in [0.717, 1.165) is 24.8 Å². The van der Waals surface area contributed by atoms with Crippen LogP contribution in [-0.2, 0) is 11.3 Å². The Balaban J connectivity index is 1.77. The van der Waals surface area contributed by atoms with E-state index in [1.807, 2.05) is 26.0 Å². The fraction of sp³-hybridized carbons (Fsp3) is 0.368. The molecule has 2 amide bonds. The number of nitrogens with one attached hydrogen (secondary N) is 2. The number of hydrogen-bond donors (Lipinski definition) is 2. The van der Waals surface area contributed by atoms with E-state index in [1.165, 1.54) is 16.8 Å². The van der Waals surface area contributed by atoms with Crippen molar-refractivity contribution >= 4 is 23.2 Å². The van der Waals surface area contributed by atoms with Gasteiger partial charge in [0.2, 0.25) is 5.91 Å². The van der Waals surface area contributed by atoms with Crippen LogP contribution in [0.1, 0.15) is 42.2 Å². The summed E-state index contributed by atoms with van der Waals surface area (Å²) in [5.41, 5.74) is 2.05. The first-order chi connectivity index (χ1) is 12.5. The molecule has 0 saturated heterocycles. The van der Waals surface area contributed by atoms with Crippen LogP contribution in [0.3, 0.4) is 0 Å². The lowest BCUT2D eigenvalue weighted by Gasteiger charge is -2.12. The number of nitrogens with zero attached hydrogens (tertiary/aromatic N) is 2. The highest BCUT2D eigenvalue weighted by Gasteiger charge is 2.29. The summed E-state index contributed by atoms with van der Waals surface area (Å²) in [6.45, 7) is 4.26. The van der Waals surface area contributed by atoms with E-state index in [0.29, 0.717) is 17.9 Å². The van der Waals surface area contributed by atoms with Gasteiger partial charge in [0, 0.05) is 29.9 Å². The minimum atomic E-state index is -0.399. The van der Waals surface area contributed by atoms with Crippen LogP contribution in [0.15, 0.2) is 35.1 Å². The van der Waals surface area contributed by atoms with Gasteiger partial charge in [-0.25, -0.2) is 4.68 Å². The van der Waals surface area contributed by atoms with Gasteiger partial charge in [0.1, 0.15) is 5.69 Å². The molecule has 0 radical (unpaired) electrons. The number of carbonyl (C=O) groups is 2. The highest BCUT2D eigenvalue weighted by Crippen LogP contribution is 2.30. The first-order valence-electron chi connectivity index (χ1n) is 8.79. The van der Waals surface area contributed by atoms with Gasteiger partial charge < -0.3 is 10.6 Å². The second kappa shape index (κ2) is 7.51. The zero-order valence-electron chi connectivity index (χ0n) is 14.9. The Morgan fingerprint density at radius 2 is 1.96 bits per heavy atom. The largest absolute Gasteiger partial charge is 0.326 e. The van der Waals surface area contributed by atoms with E-state index in [9.17, 15) is 14.4 Å². The lowest BCUT2D eigenvalue weighted by Crippen LogP contribution is -2.26. The summed E-state index contributed by atoms with van der Waals surface area (Å²) < 4.78 is 1.29. The van der Waals surface area contributed by atoms with Gasteiger partial charge in [0.05, 0.1) is 0 Å². The van der Waals surface area contributed by atoms with Crippen LogP contribution in [-0.4, -0.2) is 21.6 Å². The van der Waals surface area contributed by atoms with Gasteiger partial charge in [0.25, 0.3) is 11.5 Å². The molecule has 26 heavy (non-hydrogen) atoms. The number of benzene rings is 1. The fourth-order valence-corrected chi connectivity index (χ4v) is 2.55. The number of aromatic nitrogens is 2. The molecule has 1 heterocycles. The molecule has 0 aliphatic heterocycles. The smallest absolute Gasteiger partial charge is 0.276 e. The number of aryl methyl sites for hydroxylation is 2. The number of carbonyl (C=O) groups excluding carboxylic acids is 2. The molecule has 2 aromatic rings. The first-order valence-corrected chi connectivity index (χ1v) is 8.79. The molecule has 1 fully saturated rings. The minimum absolute atomic E-state index is 0.0134. The summed E-state index contributed by atoms with van der Waals surface area (Å²) in [6, 6.07) is 8.14. The molecular formula is C19H22N4O3. The maximum absolute atomic E-state index is 12.5. The number of rotatable bonds is 6. The van der Waals surface area contributed by atoms with Crippen molar-refractivity contribution in [1.82, 2.24) is 9.78 Å². The Hall–Kier alpha value is -2.96. The molecule has 0 unspecified atom stereocenters. The van der Waals surface area contributed by atoms with Crippen molar-refractivity contribution in [2.75, 3.05) is 10.6 Å². The second-order valence-corrected chi connectivity index (χ2v) is 6.53. The zero-order valence-corrected chi connectivity index (χ0v) is 14.9. The van der Waals surface area contributed by atoms with Gasteiger partial charge in [0.15, 0.2) is 0 Å². The predicted molar refractivity (Wildman–Crippen MR) is 99.3 cm³/mol. The van der Waals surface area contributed by atoms with Crippen LogP contribution in [0.25, 0.3) is 0 Å². The van der Waals surface area contributed by atoms with E-state index in [1.54, 1.807) is 6.07 Å². The number of amides is 2. The van der Waals surface area contributed by atoms with Crippen LogP contribution in [0.5, 0.6) is 0 Å². The van der Waals surface area contributed by atoms with E-state index >= 15 is 0 Å². The third-order valence-electron chi connectivity index (χ3n) is 4.24.